The predicted molar refractivity (Wildman–Crippen MR) is 122 cm³/mol. The summed E-state index contributed by atoms with van der Waals surface area (Å²) >= 11 is 0. The van der Waals surface area contributed by atoms with E-state index in [4.69, 9.17) is 0 Å². The van der Waals surface area contributed by atoms with E-state index in [2.05, 4.69) is 28.5 Å². The van der Waals surface area contributed by atoms with Crippen molar-refractivity contribution in [3.05, 3.63) is 118 Å². The highest BCUT2D eigenvalue weighted by molar-refractivity contribution is 5.92. The first-order valence-electron chi connectivity index (χ1n) is 9.93. The van der Waals surface area contributed by atoms with Crippen molar-refractivity contribution in [1.82, 2.24) is 10.3 Å². The second-order valence-electron chi connectivity index (χ2n) is 7.18. The van der Waals surface area contributed by atoms with Crippen LogP contribution in [0.2, 0.25) is 0 Å². The summed E-state index contributed by atoms with van der Waals surface area (Å²) in [5, 5.41) is 15.0. The Labute approximate surface area is 179 Å². The highest BCUT2D eigenvalue weighted by Gasteiger charge is 2.18. The number of benzene rings is 3. The average molecular weight is 411 g/mol. The fourth-order valence-electron chi connectivity index (χ4n) is 3.65. The lowest BCUT2D eigenvalue weighted by atomic mass is 9.91. The zero-order valence-electron chi connectivity index (χ0n) is 16.7. The maximum absolute atomic E-state index is 12.5. The van der Waals surface area contributed by atoms with E-state index in [0.29, 0.717) is 12.1 Å². The lowest BCUT2D eigenvalue weighted by Gasteiger charge is -2.17. The van der Waals surface area contributed by atoms with Crippen molar-refractivity contribution >= 4 is 28.6 Å². The van der Waals surface area contributed by atoms with Crippen LogP contribution in [0.25, 0.3) is 17.0 Å². The number of carbonyl (C=O) groups excluding carboxylic acids is 1. The molecule has 1 heterocycles. The number of aromatic amines is 1. The van der Waals surface area contributed by atoms with Gasteiger partial charge in [0.15, 0.2) is 0 Å². The van der Waals surface area contributed by atoms with Crippen LogP contribution in [0.1, 0.15) is 22.6 Å². The monoisotopic (exact) mass is 411 g/mol. The number of nitro benzene ring substituents is 1. The Hall–Kier alpha value is -4.19. The van der Waals surface area contributed by atoms with Gasteiger partial charge in [0, 0.05) is 47.8 Å². The van der Waals surface area contributed by atoms with Gasteiger partial charge in [0.05, 0.1) is 4.92 Å². The van der Waals surface area contributed by atoms with E-state index in [1.165, 1.54) is 18.2 Å². The average Bonchev–Trinajstić information content (AvgIpc) is 3.23. The van der Waals surface area contributed by atoms with Crippen molar-refractivity contribution in [2.75, 3.05) is 6.54 Å². The molecule has 1 atom stereocenters. The highest BCUT2D eigenvalue weighted by Crippen LogP contribution is 2.30. The maximum atomic E-state index is 12.5. The van der Waals surface area contributed by atoms with Gasteiger partial charge in [-0.05, 0) is 28.8 Å². The molecule has 0 saturated heterocycles. The zero-order valence-corrected chi connectivity index (χ0v) is 16.7. The molecule has 0 radical (unpaired) electrons. The summed E-state index contributed by atoms with van der Waals surface area (Å²) in [4.78, 5) is 26.2. The van der Waals surface area contributed by atoms with Gasteiger partial charge in [0.2, 0.25) is 5.91 Å². The molecule has 6 heteroatoms. The molecule has 2 N–H and O–H groups in total. The molecule has 1 aromatic heterocycles. The molecule has 0 spiro atoms. The third-order valence-corrected chi connectivity index (χ3v) is 5.19. The van der Waals surface area contributed by atoms with Crippen molar-refractivity contribution in [2.45, 2.75) is 5.92 Å². The van der Waals surface area contributed by atoms with Crippen LogP contribution in [-0.4, -0.2) is 22.4 Å². The van der Waals surface area contributed by atoms with E-state index in [9.17, 15) is 14.9 Å². The molecule has 4 aromatic rings. The molecule has 1 amide bonds. The van der Waals surface area contributed by atoms with Gasteiger partial charge in [-0.25, -0.2) is 0 Å². The number of H-pyrrole nitrogens is 1. The molecule has 154 valence electrons. The molecular weight excluding hydrogens is 390 g/mol. The molecule has 0 bridgehead atoms. The number of nitrogens with zero attached hydrogens (tertiary/aromatic N) is 1. The molecule has 0 aliphatic heterocycles. The summed E-state index contributed by atoms with van der Waals surface area (Å²) in [5.41, 5.74) is 3.86. The summed E-state index contributed by atoms with van der Waals surface area (Å²) < 4.78 is 0. The summed E-state index contributed by atoms with van der Waals surface area (Å²) in [6, 6.07) is 24.3. The van der Waals surface area contributed by atoms with Gasteiger partial charge in [0.1, 0.15) is 0 Å². The van der Waals surface area contributed by atoms with Gasteiger partial charge in [0.25, 0.3) is 5.69 Å². The second-order valence-corrected chi connectivity index (χ2v) is 7.18. The molecule has 0 fully saturated rings. The first kappa shape index (κ1) is 20.1. The Bertz CT molecular complexity index is 1250. The van der Waals surface area contributed by atoms with E-state index in [0.717, 1.165) is 22.0 Å². The van der Waals surface area contributed by atoms with Crippen molar-refractivity contribution in [3.8, 4) is 0 Å². The number of hydrogen-bond acceptors (Lipinski definition) is 3. The Kier molecular flexibility index (Phi) is 5.89. The molecule has 6 nitrogen and oxygen atoms in total. The van der Waals surface area contributed by atoms with Crippen molar-refractivity contribution in [2.24, 2.45) is 0 Å². The smallest absolute Gasteiger partial charge is 0.270 e. The van der Waals surface area contributed by atoms with Gasteiger partial charge in [-0.1, -0.05) is 60.7 Å². The van der Waals surface area contributed by atoms with Crippen LogP contribution in [-0.2, 0) is 4.79 Å². The minimum absolute atomic E-state index is 0.00830. The summed E-state index contributed by atoms with van der Waals surface area (Å²) in [7, 11) is 0. The number of aromatic nitrogens is 1. The maximum Gasteiger partial charge on any atom is 0.270 e. The quantitative estimate of drug-likeness (QED) is 0.254. The molecule has 4 rings (SSSR count). The number of hydrogen-bond donors (Lipinski definition) is 2. The van der Waals surface area contributed by atoms with E-state index in [-0.39, 0.29) is 17.5 Å². The third-order valence-electron chi connectivity index (χ3n) is 5.19. The van der Waals surface area contributed by atoms with Gasteiger partial charge in [-0.3, -0.25) is 14.9 Å². The molecular formula is C25H21N3O3. The van der Waals surface area contributed by atoms with E-state index >= 15 is 0 Å². The minimum atomic E-state index is -0.455. The van der Waals surface area contributed by atoms with Gasteiger partial charge in [-0.15, -0.1) is 0 Å². The minimum Gasteiger partial charge on any atom is -0.361 e. The predicted octanol–water partition coefficient (Wildman–Crippen LogP) is 5.04. The summed E-state index contributed by atoms with van der Waals surface area (Å²) in [5.74, 6) is -0.278. The summed E-state index contributed by atoms with van der Waals surface area (Å²) in [6.45, 7) is 0.421. The second kappa shape index (κ2) is 9.09. The Balaban J connectivity index is 1.52. The SMILES string of the molecule is O=C(/C=C/c1cccc([N+](=O)[O-])c1)NCC(c1ccccc1)c1c[nH]c2ccccc12. The fourth-order valence-corrected chi connectivity index (χ4v) is 3.65. The molecule has 0 aliphatic rings. The number of carbonyl (C=O) groups is 1. The van der Waals surface area contributed by atoms with Crippen LogP contribution in [0.15, 0.2) is 91.1 Å². The van der Waals surface area contributed by atoms with Crippen LogP contribution in [0, 0.1) is 10.1 Å². The molecule has 0 saturated carbocycles. The lowest BCUT2D eigenvalue weighted by molar-refractivity contribution is -0.384. The van der Waals surface area contributed by atoms with Crippen LogP contribution in [0.5, 0.6) is 0 Å². The lowest BCUT2D eigenvalue weighted by Crippen LogP contribution is -2.27. The van der Waals surface area contributed by atoms with E-state index < -0.39 is 4.92 Å². The number of para-hydroxylation sites is 1. The normalized spacial score (nSPS) is 12.1. The van der Waals surface area contributed by atoms with E-state index in [1.807, 2.05) is 42.6 Å². The van der Waals surface area contributed by atoms with E-state index in [1.54, 1.807) is 18.2 Å². The summed E-state index contributed by atoms with van der Waals surface area (Å²) in [6.07, 6.45) is 4.97. The highest BCUT2D eigenvalue weighted by atomic mass is 16.6. The number of rotatable bonds is 7. The molecule has 3 aromatic carbocycles. The Morgan fingerprint density at radius 2 is 1.81 bits per heavy atom. The largest absolute Gasteiger partial charge is 0.361 e. The fraction of sp³-hybridized carbons (Fsp3) is 0.0800. The molecule has 0 aliphatic carbocycles. The van der Waals surface area contributed by atoms with Gasteiger partial charge >= 0.3 is 0 Å². The van der Waals surface area contributed by atoms with Crippen molar-refractivity contribution < 1.29 is 9.72 Å². The number of amides is 1. The standard InChI is InChI=1S/C25H21N3O3/c29-25(14-13-18-7-6-10-20(15-18)28(30)31)27-16-22(19-8-2-1-3-9-19)23-17-26-24-12-5-4-11-21(23)24/h1-15,17,22,26H,16H2,(H,27,29)/b14-13+. The first-order chi connectivity index (χ1) is 15.1. The number of non-ortho nitro benzene ring substituents is 1. The van der Waals surface area contributed by atoms with Crippen molar-refractivity contribution in [3.63, 3.8) is 0 Å². The zero-order chi connectivity index (χ0) is 21.6. The topological polar surface area (TPSA) is 88.0 Å². The van der Waals surface area contributed by atoms with Crippen molar-refractivity contribution in [1.29, 1.82) is 0 Å². The van der Waals surface area contributed by atoms with Gasteiger partial charge < -0.3 is 10.3 Å². The van der Waals surface area contributed by atoms with Crippen LogP contribution in [0.3, 0.4) is 0 Å². The Morgan fingerprint density at radius 3 is 2.61 bits per heavy atom. The molecule has 1 unspecified atom stereocenters. The Morgan fingerprint density at radius 1 is 1.03 bits per heavy atom. The first-order valence-corrected chi connectivity index (χ1v) is 9.93. The van der Waals surface area contributed by atoms with Crippen LogP contribution < -0.4 is 5.32 Å². The third kappa shape index (κ3) is 4.70. The van der Waals surface area contributed by atoms with Gasteiger partial charge in [-0.2, -0.15) is 0 Å². The van der Waals surface area contributed by atoms with Crippen LogP contribution in [0.4, 0.5) is 5.69 Å². The number of nitrogens with one attached hydrogen (secondary N) is 2. The number of nitro groups is 1. The van der Waals surface area contributed by atoms with Crippen LogP contribution >= 0.6 is 0 Å². The molecule has 31 heavy (non-hydrogen) atoms. The number of fused-ring (bicyclic) bond motifs is 1.